The van der Waals surface area contributed by atoms with Gasteiger partial charge in [0.25, 0.3) is 0 Å². The molecular formula is C17H20N2OS. The van der Waals surface area contributed by atoms with Gasteiger partial charge in [0.05, 0.1) is 5.69 Å². The van der Waals surface area contributed by atoms with E-state index in [1.54, 1.807) is 0 Å². The molecule has 3 nitrogen and oxygen atoms in total. The van der Waals surface area contributed by atoms with Crippen molar-refractivity contribution >= 4 is 22.4 Å². The van der Waals surface area contributed by atoms with Crippen LogP contribution in [0, 0.1) is 32.6 Å². The minimum Gasteiger partial charge on any atom is -0.302 e. The van der Waals surface area contributed by atoms with Crippen LogP contribution in [0.25, 0.3) is 11.3 Å². The average molecular weight is 300 g/mol. The molecule has 3 rings (SSSR count). The first-order valence-corrected chi connectivity index (χ1v) is 8.18. The predicted octanol–water partition coefficient (Wildman–Crippen LogP) is 4.33. The van der Waals surface area contributed by atoms with E-state index in [0.29, 0.717) is 11.0 Å². The lowest BCUT2D eigenvalue weighted by Crippen LogP contribution is -2.14. The van der Waals surface area contributed by atoms with Crippen LogP contribution < -0.4 is 5.32 Å². The molecule has 1 fully saturated rings. The second-order valence-electron chi connectivity index (χ2n) is 6.12. The highest BCUT2D eigenvalue weighted by atomic mass is 32.1. The molecule has 1 aliphatic rings. The van der Waals surface area contributed by atoms with Crippen LogP contribution in [-0.2, 0) is 4.79 Å². The molecule has 1 N–H and O–H groups in total. The van der Waals surface area contributed by atoms with E-state index in [9.17, 15) is 4.79 Å². The molecule has 0 aliphatic heterocycles. The maximum absolute atomic E-state index is 12.0. The van der Waals surface area contributed by atoms with Gasteiger partial charge < -0.3 is 5.32 Å². The first kappa shape index (κ1) is 14.3. The van der Waals surface area contributed by atoms with Crippen molar-refractivity contribution in [3.05, 3.63) is 34.2 Å². The molecule has 4 heteroatoms. The van der Waals surface area contributed by atoms with Gasteiger partial charge in [-0.15, -0.1) is 11.3 Å². The average Bonchev–Trinajstić information content (AvgIpc) is 2.94. The van der Waals surface area contributed by atoms with Gasteiger partial charge in [0, 0.05) is 16.9 Å². The molecule has 1 aromatic carbocycles. The normalized spacial score (nSPS) is 20.4. The highest BCUT2D eigenvalue weighted by Gasteiger charge is 2.39. The van der Waals surface area contributed by atoms with Gasteiger partial charge in [-0.05, 0) is 44.2 Å². The Kier molecular flexibility index (Phi) is 3.57. The number of rotatable bonds is 3. The van der Waals surface area contributed by atoms with Crippen molar-refractivity contribution in [2.24, 2.45) is 11.8 Å². The SMILES string of the molecule is Cc1cc(C)c(-c2csc(NC(=O)[C@@H]3C[C@H]3C)n2)c(C)c1. The predicted molar refractivity (Wildman–Crippen MR) is 87.7 cm³/mol. The van der Waals surface area contributed by atoms with E-state index in [0.717, 1.165) is 12.1 Å². The van der Waals surface area contributed by atoms with Crippen LogP contribution in [0.2, 0.25) is 0 Å². The Morgan fingerprint density at radius 3 is 2.48 bits per heavy atom. The van der Waals surface area contributed by atoms with E-state index in [-0.39, 0.29) is 11.8 Å². The molecule has 110 valence electrons. The number of anilines is 1. The Bertz CT molecular complexity index is 682. The van der Waals surface area contributed by atoms with Crippen molar-refractivity contribution in [2.75, 3.05) is 5.32 Å². The lowest BCUT2D eigenvalue weighted by atomic mass is 9.98. The van der Waals surface area contributed by atoms with E-state index in [4.69, 9.17) is 0 Å². The molecule has 0 spiro atoms. The van der Waals surface area contributed by atoms with Crippen molar-refractivity contribution in [3.8, 4) is 11.3 Å². The number of nitrogens with zero attached hydrogens (tertiary/aromatic N) is 1. The summed E-state index contributed by atoms with van der Waals surface area (Å²) in [4.78, 5) is 16.6. The molecular weight excluding hydrogens is 280 g/mol. The van der Waals surface area contributed by atoms with E-state index >= 15 is 0 Å². The van der Waals surface area contributed by atoms with Crippen LogP contribution in [0.1, 0.15) is 30.0 Å². The minimum atomic E-state index is 0.112. The van der Waals surface area contributed by atoms with E-state index in [1.807, 2.05) is 5.38 Å². The standard InChI is InChI=1S/C17H20N2OS/c1-9-5-11(3)15(12(4)6-9)14-8-21-17(18-14)19-16(20)13-7-10(13)2/h5-6,8,10,13H,7H2,1-4H3,(H,18,19,20)/t10-,13-/m1/s1. The molecule has 1 amide bonds. The fourth-order valence-corrected chi connectivity index (χ4v) is 3.62. The number of carbonyl (C=O) groups excluding carboxylic acids is 1. The molecule has 1 heterocycles. The highest BCUT2D eigenvalue weighted by Crippen LogP contribution is 2.39. The summed E-state index contributed by atoms with van der Waals surface area (Å²) in [5.41, 5.74) is 5.85. The molecule has 2 aromatic rings. The molecule has 0 saturated heterocycles. The summed E-state index contributed by atoms with van der Waals surface area (Å²) in [6.07, 6.45) is 1.00. The molecule has 1 saturated carbocycles. The van der Waals surface area contributed by atoms with Crippen LogP contribution in [-0.4, -0.2) is 10.9 Å². The van der Waals surface area contributed by atoms with Gasteiger partial charge in [0.2, 0.25) is 5.91 Å². The Labute approximate surface area is 129 Å². The number of hydrogen-bond donors (Lipinski definition) is 1. The van der Waals surface area contributed by atoms with Gasteiger partial charge in [0.1, 0.15) is 0 Å². The summed E-state index contributed by atoms with van der Waals surface area (Å²) in [5.74, 6) is 0.812. The van der Waals surface area contributed by atoms with Gasteiger partial charge in [-0.3, -0.25) is 4.79 Å². The third-order valence-electron chi connectivity index (χ3n) is 4.11. The first-order chi connectivity index (χ1) is 9.95. The number of nitrogens with one attached hydrogen (secondary N) is 1. The molecule has 1 aromatic heterocycles. The maximum atomic E-state index is 12.0. The van der Waals surface area contributed by atoms with Crippen LogP contribution in [0.5, 0.6) is 0 Å². The van der Waals surface area contributed by atoms with E-state index < -0.39 is 0 Å². The van der Waals surface area contributed by atoms with E-state index in [1.165, 1.54) is 33.6 Å². The van der Waals surface area contributed by atoms with Crippen LogP contribution >= 0.6 is 11.3 Å². The monoisotopic (exact) mass is 300 g/mol. The molecule has 1 aliphatic carbocycles. The zero-order valence-corrected chi connectivity index (χ0v) is 13.7. The quantitative estimate of drug-likeness (QED) is 0.916. The van der Waals surface area contributed by atoms with Crippen molar-refractivity contribution in [1.82, 2.24) is 4.98 Å². The minimum absolute atomic E-state index is 0.112. The van der Waals surface area contributed by atoms with Crippen LogP contribution in [0.4, 0.5) is 5.13 Å². The third kappa shape index (κ3) is 2.86. The van der Waals surface area contributed by atoms with Gasteiger partial charge in [-0.1, -0.05) is 24.6 Å². The molecule has 0 unspecified atom stereocenters. The summed E-state index contributed by atoms with van der Waals surface area (Å²) < 4.78 is 0. The number of thiazole rings is 1. The second-order valence-corrected chi connectivity index (χ2v) is 6.98. The zero-order valence-electron chi connectivity index (χ0n) is 12.9. The molecule has 21 heavy (non-hydrogen) atoms. The van der Waals surface area contributed by atoms with Crippen LogP contribution in [0.15, 0.2) is 17.5 Å². The zero-order chi connectivity index (χ0) is 15.1. The summed E-state index contributed by atoms with van der Waals surface area (Å²) in [6, 6.07) is 4.34. The Balaban J connectivity index is 1.83. The van der Waals surface area contributed by atoms with Gasteiger partial charge >= 0.3 is 0 Å². The molecule has 0 bridgehead atoms. The van der Waals surface area contributed by atoms with Gasteiger partial charge in [0.15, 0.2) is 5.13 Å². The summed E-state index contributed by atoms with van der Waals surface area (Å²) >= 11 is 1.50. The number of amides is 1. The fraction of sp³-hybridized carbons (Fsp3) is 0.412. The number of aromatic nitrogens is 1. The lowest BCUT2D eigenvalue weighted by molar-refractivity contribution is -0.117. The Morgan fingerprint density at radius 2 is 1.90 bits per heavy atom. The molecule has 2 atom stereocenters. The van der Waals surface area contributed by atoms with Crippen molar-refractivity contribution in [1.29, 1.82) is 0 Å². The largest absolute Gasteiger partial charge is 0.302 e. The second kappa shape index (κ2) is 5.26. The summed E-state index contributed by atoms with van der Waals surface area (Å²) in [7, 11) is 0. The van der Waals surface area contributed by atoms with Gasteiger partial charge in [-0.25, -0.2) is 4.98 Å². The lowest BCUT2D eigenvalue weighted by Gasteiger charge is -2.08. The Morgan fingerprint density at radius 1 is 1.29 bits per heavy atom. The van der Waals surface area contributed by atoms with E-state index in [2.05, 4.69) is 50.1 Å². The van der Waals surface area contributed by atoms with Crippen molar-refractivity contribution < 1.29 is 4.79 Å². The summed E-state index contributed by atoms with van der Waals surface area (Å²) in [6.45, 7) is 8.43. The van der Waals surface area contributed by atoms with Crippen molar-refractivity contribution in [3.63, 3.8) is 0 Å². The third-order valence-corrected chi connectivity index (χ3v) is 4.87. The Hall–Kier alpha value is -1.68. The smallest absolute Gasteiger partial charge is 0.229 e. The highest BCUT2D eigenvalue weighted by molar-refractivity contribution is 7.14. The number of benzene rings is 1. The number of hydrogen-bond acceptors (Lipinski definition) is 3. The van der Waals surface area contributed by atoms with Crippen molar-refractivity contribution in [2.45, 2.75) is 34.1 Å². The van der Waals surface area contributed by atoms with Crippen LogP contribution in [0.3, 0.4) is 0 Å². The maximum Gasteiger partial charge on any atom is 0.229 e. The topological polar surface area (TPSA) is 42.0 Å². The fourth-order valence-electron chi connectivity index (χ4n) is 2.92. The molecule has 0 radical (unpaired) electrons. The number of aryl methyl sites for hydroxylation is 3. The summed E-state index contributed by atoms with van der Waals surface area (Å²) in [5, 5.41) is 5.67. The number of carbonyl (C=O) groups is 1. The van der Waals surface area contributed by atoms with Gasteiger partial charge in [-0.2, -0.15) is 0 Å². The first-order valence-electron chi connectivity index (χ1n) is 7.30.